The molecule has 2 atom stereocenters. The van der Waals surface area contributed by atoms with E-state index in [-0.39, 0.29) is 23.6 Å². The van der Waals surface area contributed by atoms with Gasteiger partial charge in [0.25, 0.3) is 0 Å². The van der Waals surface area contributed by atoms with E-state index in [1.54, 1.807) is 0 Å². The van der Waals surface area contributed by atoms with Gasteiger partial charge in [0.15, 0.2) is 0 Å². The predicted molar refractivity (Wildman–Crippen MR) is 111 cm³/mol. The zero-order chi connectivity index (χ0) is 20.3. The maximum Gasteiger partial charge on any atom is 0.353 e. The first-order chi connectivity index (χ1) is 14.0. The average Bonchev–Trinajstić information content (AvgIpc) is 3.10. The number of aliphatic carboxylic acids is 1. The molecule has 0 bridgehead atoms. The van der Waals surface area contributed by atoms with Crippen molar-refractivity contribution < 1.29 is 24.2 Å². The van der Waals surface area contributed by atoms with Crippen molar-refractivity contribution in [3.8, 4) is 0 Å². The number of β-lactam (4-membered cyclic amide) rings is 1. The molecule has 1 aromatic heterocycles. The molecular weight excluding hydrogens is 412 g/mol. The summed E-state index contributed by atoms with van der Waals surface area (Å²) in [4.78, 5) is 26.6. The molecule has 1 saturated heterocycles. The number of thioether (sulfide) groups is 2. The number of carboxylic acid groups (broad SMARTS) is 1. The van der Waals surface area contributed by atoms with E-state index < -0.39 is 12.0 Å². The highest BCUT2D eigenvalue weighted by atomic mass is 32.2. The molecule has 2 aliphatic rings. The van der Waals surface area contributed by atoms with E-state index in [1.807, 2.05) is 36.4 Å². The summed E-state index contributed by atoms with van der Waals surface area (Å²) in [5.74, 6) is -1.02. The fraction of sp³-hybridized carbons (Fsp3) is 0.200. The van der Waals surface area contributed by atoms with Gasteiger partial charge in [-0.25, -0.2) is 4.79 Å². The maximum absolute atomic E-state index is 12.1. The summed E-state index contributed by atoms with van der Waals surface area (Å²) in [6.07, 6.45) is 0. The molecule has 3 aromatic rings. The van der Waals surface area contributed by atoms with Crippen LogP contribution in [0.1, 0.15) is 5.56 Å². The number of para-hydroxylation sites is 1. The van der Waals surface area contributed by atoms with Crippen molar-refractivity contribution in [1.29, 1.82) is 0 Å². The SMILES string of the molecule is N[C@@H]1C(=O)N2C(C(=O)O)=C(Sc3ccc4c(c3)oc3c(CO)cccc34)CS[C@H]12. The fourth-order valence-electron chi connectivity index (χ4n) is 3.73. The van der Waals surface area contributed by atoms with Crippen LogP contribution in [-0.4, -0.2) is 44.2 Å². The second kappa shape index (κ2) is 6.81. The molecule has 5 rings (SSSR count). The van der Waals surface area contributed by atoms with Crippen LogP contribution in [0.25, 0.3) is 21.9 Å². The molecule has 0 radical (unpaired) electrons. The minimum absolute atomic E-state index is 0.0118. The smallest absolute Gasteiger partial charge is 0.353 e. The minimum Gasteiger partial charge on any atom is -0.477 e. The molecule has 2 aliphatic heterocycles. The van der Waals surface area contributed by atoms with E-state index in [0.717, 1.165) is 15.7 Å². The molecule has 29 heavy (non-hydrogen) atoms. The number of carbonyl (C=O) groups is 2. The van der Waals surface area contributed by atoms with Crippen molar-refractivity contribution in [3.05, 3.63) is 52.6 Å². The molecule has 9 heteroatoms. The number of furan rings is 1. The maximum atomic E-state index is 12.1. The van der Waals surface area contributed by atoms with Crippen LogP contribution in [0.15, 0.2) is 56.3 Å². The van der Waals surface area contributed by atoms with Gasteiger partial charge in [0.05, 0.1) is 6.61 Å². The van der Waals surface area contributed by atoms with E-state index in [4.69, 9.17) is 10.2 Å². The van der Waals surface area contributed by atoms with Crippen molar-refractivity contribution in [2.45, 2.75) is 22.9 Å². The van der Waals surface area contributed by atoms with Crippen LogP contribution in [0.2, 0.25) is 0 Å². The van der Waals surface area contributed by atoms with E-state index in [0.29, 0.717) is 27.4 Å². The molecule has 2 aromatic carbocycles. The summed E-state index contributed by atoms with van der Waals surface area (Å²) >= 11 is 2.79. The van der Waals surface area contributed by atoms with Gasteiger partial charge >= 0.3 is 5.97 Å². The molecule has 0 spiro atoms. The molecule has 1 fully saturated rings. The quantitative estimate of drug-likeness (QED) is 0.543. The van der Waals surface area contributed by atoms with E-state index in [9.17, 15) is 19.8 Å². The lowest BCUT2D eigenvalue weighted by Crippen LogP contribution is -2.68. The Morgan fingerprint density at radius 2 is 2.14 bits per heavy atom. The number of carboxylic acids is 1. The van der Waals surface area contributed by atoms with Gasteiger partial charge in [-0.15, -0.1) is 11.8 Å². The molecular formula is C20H16N2O5S2. The number of amides is 1. The first-order valence-electron chi connectivity index (χ1n) is 8.89. The summed E-state index contributed by atoms with van der Waals surface area (Å²) in [6.45, 7) is -0.113. The van der Waals surface area contributed by atoms with Gasteiger partial charge in [-0.3, -0.25) is 9.69 Å². The Kier molecular flexibility index (Phi) is 4.36. The summed E-state index contributed by atoms with van der Waals surface area (Å²) in [7, 11) is 0. The van der Waals surface area contributed by atoms with Crippen LogP contribution >= 0.6 is 23.5 Å². The van der Waals surface area contributed by atoms with E-state index in [2.05, 4.69) is 0 Å². The fourth-order valence-corrected chi connectivity index (χ4v) is 6.18. The Balaban J connectivity index is 1.55. The lowest BCUT2D eigenvalue weighted by Gasteiger charge is -2.47. The lowest BCUT2D eigenvalue weighted by atomic mass is 10.1. The van der Waals surface area contributed by atoms with Crippen LogP contribution in [0, 0.1) is 0 Å². The highest BCUT2D eigenvalue weighted by molar-refractivity contribution is 8.06. The van der Waals surface area contributed by atoms with Crippen molar-refractivity contribution in [3.63, 3.8) is 0 Å². The summed E-state index contributed by atoms with van der Waals surface area (Å²) < 4.78 is 5.97. The van der Waals surface area contributed by atoms with Gasteiger partial charge < -0.3 is 20.4 Å². The lowest BCUT2D eigenvalue weighted by molar-refractivity contribution is -0.147. The standard InChI is InChI=1S/C20H16N2O5S2/c21-15-18(24)22-16(20(25)26)14(8-28-19(15)22)29-10-4-5-11-12-3-1-2-9(7-23)17(12)27-13(11)6-10/h1-6,15,19,23H,7-8,21H2,(H,25,26)/t15-,19-/m1/s1. The number of benzene rings is 2. The highest BCUT2D eigenvalue weighted by Crippen LogP contribution is 2.45. The number of hydrogen-bond donors (Lipinski definition) is 3. The van der Waals surface area contributed by atoms with Crippen LogP contribution in [-0.2, 0) is 16.2 Å². The number of aliphatic hydroxyl groups excluding tert-OH is 1. The van der Waals surface area contributed by atoms with Crippen molar-refractivity contribution in [1.82, 2.24) is 4.90 Å². The van der Waals surface area contributed by atoms with Crippen LogP contribution in [0.4, 0.5) is 0 Å². The number of aliphatic hydroxyl groups is 1. The Labute approximate surface area is 173 Å². The zero-order valence-electron chi connectivity index (χ0n) is 15.0. The van der Waals surface area contributed by atoms with E-state index >= 15 is 0 Å². The molecule has 148 valence electrons. The Morgan fingerprint density at radius 1 is 1.31 bits per heavy atom. The molecule has 0 aliphatic carbocycles. The van der Waals surface area contributed by atoms with Gasteiger partial charge in [0.2, 0.25) is 5.91 Å². The third kappa shape index (κ3) is 2.77. The number of carbonyl (C=O) groups excluding carboxylic acids is 1. The number of fused-ring (bicyclic) bond motifs is 4. The molecule has 1 amide bonds. The summed E-state index contributed by atoms with van der Waals surface area (Å²) in [6, 6.07) is 10.7. The highest BCUT2D eigenvalue weighted by Gasteiger charge is 2.51. The number of nitrogens with zero attached hydrogens (tertiary/aromatic N) is 1. The van der Waals surface area contributed by atoms with Crippen LogP contribution in [0.5, 0.6) is 0 Å². The first kappa shape index (κ1) is 18.6. The Morgan fingerprint density at radius 3 is 2.90 bits per heavy atom. The van der Waals surface area contributed by atoms with Crippen LogP contribution < -0.4 is 5.73 Å². The number of nitrogens with two attached hydrogens (primary N) is 1. The number of hydrogen-bond acceptors (Lipinski definition) is 7. The molecule has 7 nitrogen and oxygen atoms in total. The van der Waals surface area contributed by atoms with E-state index in [1.165, 1.54) is 28.4 Å². The molecule has 3 heterocycles. The van der Waals surface area contributed by atoms with Gasteiger partial charge in [0.1, 0.15) is 28.3 Å². The topological polar surface area (TPSA) is 117 Å². The Bertz CT molecular complexity index is 1220. The zero-order valence-corrected chi connectivity index (χ0v) is 16.6. The third-order valence-corrected chi connectivity index (χ3v) is 7.70. The van der Waals surface area contributed by atoms with Crippen molar-refractivity contribution in [2.24, 2.45) is 5.73 Å². The predicted octanol–water partition coefficient (Wildman–Crippen LogP) is 2.71. The van der Waals surface area contributed by atoms with Gasteiger partial charge in [-0.05, 0) is 18.2 Å². The molecule has 0 saturated carbocycles. The number of rotatable bonds is 4. The monoisotopic (exact) mass is 428 g/mol. The van der Waals surface area contributed by atoms with Gasteiger partial charge in [-0.1, -0.05) is 30.0 Å². The Hall–Kier alpha value is -2.46. The normalized spacial score (nSPS) is 21.6. The second-order valence-electron chi connectivity index (χ2n) is 6.83. The summed E-state index contributed by atoms with van der Waals surface area (Å²) in [5.41, 5.74) is 7.83. The minimum atomic E-state index is -1.13. The van der Waals surface area contributed by atoms with Gasteiger partial charge in [-0.2, -0.15) is 0 Å². The molecule has 4 N–H and O–H groups in total. The average molecular weight is 428 g/mol. The molecule has 0 unspecified atom stereocenters. The summed E-state index contributed by atoms with van der Waals surface area (Å²) in [5, 5.41) is 20.7. The first-order valence-corrected chi connectivity index (χ1v) is 10.8. The second-order valence-corrected chi connectivity index (χ2v) is 9.10. The van der Waals surface area contributed by atoms with Crippen LogP contribution in [0.3, 0.4) is 0 Å². The van der Waals surface area contributed by atoms with Crippen molar-refractivity contribution in [2.75, 3.05) is 5.75 Å². The third-order valence-electron chi connectivity index (χ3n) is 5.14. The largest absolute Gasteiger partial charge is 0.477 e. The van der Waals surface area contributed by atoms with Crippen molar-refractivity contribution >= 4 is 57.3 Å². The van der Waals surface area contributed by atoms with Gasteiger partial charge in [0, 0.05) is 31.9 Å².